The van der Waals surface area contributed by atoms with E-state index < -0.39 is 29.2 Å². The number of carbonyl (C=O) groups is 6. The third kappa shape index (κ3) is 11.1. The van der Waals surface area contributed by atoms with Crippen LogP contribution < -0.4 is 10.6 Å². The lowest BCUT2D eigenvalue weighted by atomic mass is 9.80. The topological polar surface area (TPSA) is 180 Å². The fourth-order valence-electron chi connectivity index (χ4n) is 10.3. The van der Waals surface area contributed by atoms with Gasteiger partial charge in [0.25, 0.3) is 11.8 Å². The summed E-state index contributed by atoms with van der Waals surface area (Å²) in [5.74, 6) is -0.388. The molecule has 2 spiro atoms. The Morgan fingerprint density at radius 1 is 0.569 bits per heavy atom. The van der Waals surface area contributed by atoms with Crippen molar-refractivity contribution >= 4 is 47.1 Å². The molecule has 4 fully saturated rings. The van der Waals surface area contributed by atoms with Crippen LogP contribution in [0.2, 0.25) is 0 Å². The highest BCUT2D eigenvalue weighted by Crippen LogP contribution is 2.42. The lowest BCUT2D eigenvalue weighted by Gasteiger charge is -2.38. The van der Waals surface area contributed by atoms with E-state index in [1.165, 1.54) is 0 Å². The molecule has 2 aliphatic carbocycles. The van der Waals surface area contributed by atoms with Gasteiger partial charge in [-0.05, 0) is 91.4 Å². The van der Waals surface area contributed by atoms with Crippen molar-refractivity contribution in [2.75, 3.05) is 43.4 Å². The number of nitrogens with one attached hydrogen (secondary N) is 2. The zero-order valence-electron chi connectivity index (χ0n) is 40.5. The number of imide groups is 2. The summed E-state index contributed by atoms with van der Waals surface area (Å²) in [6.45, 7) is 18.3. The van der Waals surface area contributed by atoms with Crippen molar-refractivity contribution in [3.63, 3.8) is 0 Å². The lowest BCUT2D eigenvalue weighted by Crippen LogP contribution is -2.51. The minimum Gasteiger partial charge on any atom is -0.396 e. The maximum absolute atomic E-state index is 13.5. The van der Waals surface area contributed by atoms with E-state index in [9.17, 15) is 39.0 Å². The van der Waals surface area contributed by atoms with Crippen LogP contribution in [0.25, 0.3) is 0 Å². The number of urea groups is 2. The summed E-state index contributed by atoms with van der Waals surface area (Å²) in [4.78, 5) is 85.1. The van der Waals surface area contributed by atoms with Crippen molar-refractivity contribution in [3.05, 3.63) is 58.7 Å². The van der Waals surface area contributed by atoms with Gasteiger partial charge in [0.15, 0.2) is 0 Å². The van der Waals surface area contributed by atoms with Gasteiger partial charge in [0.05, 0.1) is 6.10 Å². The Kier molecular flexibility index (Phi) is 17.4. The van der Waals surface area contributed by atoms with Gasteiger partial charge in [-0.1, -0.05) is 130 Å². The standard InChI is InChI=1S/C26H39N3O4.C25H37N3O4/c1-17(2)20-10-9-11-21(18(3)4)23(20)27-22(31)16-28-24(32)26(13-7-6-8-14-26)29(25(28)33)15-12-19(5)30;1-17(2)19-10-8-11-20(18(3)4)22(19)26-21(30)16-27-23(31)25(12-6-5-7-13-25)28(24(27)32)14-9-15-29/h9-11,17-19,30H,6-8,12-16H2,1-5H3,(H,27,31);8,10-11,17-18,29H,5-7,9,12-16H2,1-4H3,(H,26,30). The number of rotatable bonds is 16. The van der Waals surface area contributed by atoms with Crippen molar-refractivity contribution in [1.29, 1.82) is 0 Å². The predicted molar refractivity (Wildman–Crippen MR) is 254 cm³/mol. The number of para-hydroxylation sites is 2. The summed E-state index contributed by atoms with van der Waals surface area (Å²) < 4.78 is 0. The monoisotopic (exact) mass is 901 g/mol. The van der Waals surface area contributed by atoms with Crippen LogP contribution in [0.4, 0.5) is 21.0 Å². The third-order valence-corrected chi connectivity index (χ3v) is 13.8. The van der Waals surface area contributed by atoms with Crippen LogP contribution in [0.1, 0.15) is 185 Å². The fourth-order valence-corrected chi connectivity index (χ4v) is 10.3. The van der Waals surface area contributed by atoms with Crippen LogP contribution in [0.3, 0.4) is 0 Å². The first kappa shape index (κ1) is 51.2. The minimum absolute atomic E-state index is 0.0432. The third-order valence-electron chi connectivity index (χ3n) is 13.8. The number of nitrogens with zero attached hydrogens (tertiary/aromatic N) is 4. The lowest BCUT2D eigenvalue weighted by molar-refractivity contribution is -0.137. The highest BCUT2D eigenvalue weighted by atomic mass is 16.3. The molecule has 14 heteroatoms. The Morgan fingerprint density at radius 2 is 0.908 bits per heavy atom. The van der Waals surface area contributed by atoms with Gasteiger partial charge in [-0.2, -0.15) is 0 Å². The first-order valence-corrected chi connectivity index (χ1v) is 24.2. The molecule has 0 aromatic heterocycles. The highest BCUT2D eigenvalue weighted by Gasteiger charge is 2.58. The van der Waals surface area contributed by atoms with Crippen LogP contribution in [-0.2, 0) is 19.2 Å². The molecule has 2 heterocycles. The number of hydrogen-bond donors (Lipinski definition) is 4. The zero-order chi connectivity index (χ0) is 47.8. The molecule has 2 saturated heterocycles. The fraction of sp³-hybridized carbons (Fsp3) is 0.647. The van der Waals surface area contributed by atoms with Gasteiger partial charge in [0.1, 0.15) is 24.2 Å². The van der Waals surface area contributed by atoms with Gasteiger partial charge in [-0.3, -0.25) is 29.0 Å². The van der Waals surface area contributed by atoms with E-state index in [0.717, 1.165) is 82.0 Å². The second-order valence-corrected chi connectivity index (χ2v) is 19.9. The van der Waals surface area contributed by atoms with Crippen molar-refractivity contribution < 1.29 is 39.0 Å². The SMILES string of the molecule is CC(C)c1cccc(C(C)C)c1NC(=O)CN1C(=O)N(CCCO)C2(CCCCC2)C1=O.CC(O)CCN1C(=O)N(CC(=O)Nc2c(C(C)C)cccc2C(C)C)C(=O)C12CCCCC2. The Hall–Kier alpha value is -4.82. The Bertz CT molecular complexity index is 1980. The van der Waals surface area contributed by atoms with Gasteiger partial charge in [0.2, 0.25) is 11.8 Å². The quantitative estimate of drug-likeness (QED) is 0.121. The smallest absolute Gasteiger partial charge is 0.328 e. The molecule has 2 aliphatic heterocycles. The van der Waals surface area contributed by atoms with E-state index in [0.29, 0.717) is 51.6 Å². The Morgan fingerprint density at radius 3 is 1.22 bits per heavy atom. The number of aliphatic hydroxyl groups is 2. The average molecular weight is 901 g/mol. The summed E-state index contributed by atoms with van der Waals surface area (Å²) in [6.07, 6.45) is 8.33. The number of carbonyl (C=O) groups excluding carboxylic acids is 6. The molecular formula is C51H76N6O8. The molecule has 2 aromatic carbocycles. The molecular weight excluding hydrogens is 825 g/mol. The van der Waals surface area contributed by atoms with E-state index in [4.69, 9.17) is 0 Å². The molecule has 6 rings (SSSR count). The summed E-state index contributed by atoms with van der Waals surface area (Å²) in [5, 5.41) is 25.1. The van der Waals surface area contributed by atoms with E-state index in [1.54, 1.807) is 16.7 Å². The van der Waals surface area contributed by atoms with Crippen LogP contribution in [0, 0.1) is 0 Å². The first-order valence-electron chi connectivity index (χ1n) is 24.2. The molecule has 65 heavy (non-hydrogen) atoms. The summed E-state index contributed by atoms with van der Waals surface area (Å²) in [6, 6.07) is 11.2. The molecule has 4 N–H and O–H groups in total. The molecule has 2 aromatic rings. The minimum atomic E-state index is -0.872. The number of hydrogen-bond acceptors (Lipinski definition) is 8. The van der Waals surface area contributed by atoms with Gasteiger partial charge >= 0.3 is 12.1 Å². The molecule has 1 unspecified atom stereocenters. The molecule has 4 aliphatic rings. The van der Waals surface area contributed by atoms with Gasteiger partial charge in [-0.15, -0.1) is 0 Å². The molecule has 14 nitrogen and oxygen atoms in total. The van der Waals surface area contributed by atoms with Crippen LogP contribution in [0.5, 0.6) is 0 Å². The maximum atomic E-state index is 13.5. The molecule has 0 bridgehead atoms. The van der Waals surface area contributed by atoms with Gasteiger partial charge in [-0.25, -0.2) is 9.59 Å². The van der Waals surface area contributed by atoms with E-state index >= 15 is 0 Å². The van der Waals surface area contributed by atoms with Crippen molar-refractivity contribution in [3.8, 4) is 0 Å². The number of benzene rings is 2. The number of aliphatic hydroxyl groups excluding tert-OH is 2. The zero-order valence-corrected chi connectivity index (χ0v) is 40.5. The largest absolute Gasteiger partial charge is 0.396 e. The van der Waals surface area contributed by atoms with Gasteiger partial charge in [0, 0.05) is 31.1 Å². The Labute approximate surface area is 386 Å². The van der Waals surface area contributed by atoms with Crippen molar-refractivity contribution in [1.82, 2.24) is 19.6 Å². The maximum Gasteiger partial charge on any atom is 0.328 e. The average Bonchev–Trinajstić information content (AvgIpc) is 3.55. The van der Waals surface area contributed by atoms with Crippen LogP contribution in [-0.4, -0.2) is 115 Å². The van der Waals surface area contributed by atoms with Crippen LogP contribution >= 0.6 is 0 Å². The van der Waals surface area contributed by atoms with E-state index in [-0.39, 0.29) is 67.0 Å². The second kappa shape index (κ2) is 22.1. The highest BCUT2D eigenvalue weighted by molar-refractivity contribution is 6.11. The Balaban J connectivity index is 0.000000244. The number of amides is 8. The van der Waals surface area contributed by atoms with Gasteiger partial charge < -0.3 is 30.6 Å². The summed E-state index contributed by atoms with van der Waals surface area (Å²) in [5.41, 5.74) is 3.99. The number of anilines is 2. The molecule has 358 valence electrons. The van der Waals surface area contributed by atoms with Crippen molar-refractivity contribution in [2.24, 2.45) is 0 Å². The van der Waals surface area contributed by atoms with Crippen LogP contribution in [0.15, 0.2) is 36.4 Å². The van der Waals surface area contributed by atoms with E-state index in [2.05, 4.69) is 66.0 Å². The predicted octanol–water partition coefficient (Wildman–Crippen LogP) is 8.83. The first-order chi connectivity index (χ1) is 30.8. The van der Waals surface area contributed by atoms with E-state index in [1.807, 2.05) is 36.4 Å². The van der Waals surface area contributed by atoms with Crippen molar-refractivity contribution in [2.45, 2.75) is 180 Å². The second-order valence-electron chi connectivity index (χ2n) is 19.9. The normalized spacial score (nSPS) is 18.8. The summed E-state index contributed by atoms with van der Waals surface area (Å²) in [7, 11) is 0. The summed E-state index contributed by atoms with van der Waals surface area (Å²) >= 11 is 0. The molecule has 1 atom stereocenters. The molecule has 0 radical (unpaired) electrons. The molecule has 8 amide bonds. The molecule has 2 saturated carbocycles.